The van der Waals surface area contributed by atoms with Gasteiger partial charge in [-0.3, -0.25) is 0 Å². The van der Waals surface area contributed by atoms with Crippen LogP contribution in [0.25, 0.3) is 0 Å². The van der Waals surface area contributed by atoms with Gasteiger partial charge in [-0.1, -0.05) is 29.5 Å². The Kier molecular flexibility index (Phi) is 4.81. The Morgan fingerprint density at radius 3 is 2.84 bits per heavy atom. The first kappa shape index (κ1) is 13.4. The number of thioether (sulfide) groups is 1. The van der Waals surface area contributed by atoms with Crippen LogP contribution in [0.15, 0.2) is 33.9 Å². The zero-order valence-corrected chi connectivity index (χ0v) is 11.3. The maximum atomic E-state index is 8.44. The number of hydrogen-bond donors (Lipinski definition) is 0. The highest BCUT2D eigenvalue weighted by atomic mass is 32.2. The first-order chi connectivity index (χ1) is 9.28. The van der Waals surface area contributed by atoms with Crippen LogP contribution < -0.4 is 4.74 Å². The van der Waals surface area contributed by atoms with Crippen LogP contribution in [0, 0.1) is 18.3 Å². The van der Waals surface area contributed by atoms with E-state index in [4.69, 9.17) is 14.4 Å². The van der Waals surface area contributed by atoms with Crippen LogP contribution in [-0.2, 0) is 6.42 Å². The van der Waals surface area contributed by atoms with Crippen molar-refractivity contribution in [2.75, 3.05) is 12.4 Å². The van der Waals surface area contributed by atoms with Crippen molar-refractivity contribution in [2.45, 2.75) is 18.6 Å². The molecule has 19 heavy (non-hydrogen) atoms. The monoisotopic (exact) mass is 275 g/mol. The normalized spacial score (nSPS) is 10.1. The number of ether oxygens (including phenoxy) is 1. The van der Waals surface area contributed by atoms with Crippen molar-refractivity contribution in [3.63, 3.8) is 0 Å². The third kappa shape index (κ3) is 4.30. The third-order valence-corrected chi connectivity index (χ3v) is 3.00. The fourth-order valence-corrected chi connectivity index (χ4v) is 1.82. The quantitative estimate of drug-likeness (QED) is 0.755. The molecule has 6 heteroatoms. The molecule has 2 rings (SSSR count). The van der Waals surface area contributed by atoms with E-state index in [1.165, 1.54) is 17.3 Å². The Morgan fingerprint density at radius 2 is 2.11 bits per heavy atom. The van der Waals surface area contributed by atoms with Crippen molar-refractivity contribution < 1.29 is 9.15 Å². The first-order valence-electron chi connectivity index (χ1n) is 5.79. The third-order valence-electron chi connectivity index (χ3n) is 2.31. The molecule has 0 N–H and O–H groups in total. The van der Waals surface area contributed by atoms with Gasteiger partial charge in [0, 0.05) is 0 Å². The van der Waals surface area contributed by atoms with E-state index in [9.17, 15) is 0 Å². The minimum Gasteiger partial charge on any atom is -0.493 e. The molecule has 98 valence electrons. The van der Waals surface area contributed by atoms with Gasteiger partial charge in [-0.25, -0.2) is 0 Å². The molecular formula is C13H13N3O2S. The second kappa shape index (κ2) is 6.81. The maximum absolute atomic E-state index is 8.44. The fourth-order valence-electron chi connectivity index (χ4n) is 1.38. The van der Waals surface area contributed by atoms with Gasteiger partial charge < -0.3 is 9.15 Å². The summed E-state index contributed by atoms with van der Waals surface area (Å²) in [6.45, 7) is 2.51. The van der Waals surface area contributed by atoms with Gasteiger partial charge in [0.15, 0.2) is 0 Å². The summed E-state index contributed by atoms with van der Waals surface area (Å²) < 4.78 is 10.9. The van der Waals surface area contributed by atoms with Crippen molar-refractivity contribution in [1.82, 2.24) is 10.2 Å². The topological polar surface area (TPSA) is 71.9 Å². The summed E-state index contributed by atoms with van der Waals surface area (Å²) in [4.78, 5) is 0. The van der Waals surface area contributed by atoms with Crippen LogP contribution in [0.1, 0.15) is 11.5 Å². The first-order valence-corrected chi connectivity index (χ1v) is 6.78. The zero-order valence-electron chi connectivity index (χ0n) is 10.5. The molecule has 0 amide bonds. The van der Waals surface area contributed by atoms with Crippen LogP contribution in [-0.4, -0.2) is 22.6 Å². The molecule has 0 aliphatic carbocycles. The molecule has 0 aliphatic heterocycles. The Balaban J connectivity index is 1.78. The standard InChI is InChI=1S/C13H13N3O2S/c1-10-2-4-11(5-3-10)17-8-6-12-15-16-13(18-12)19-9-7-14/h2-5H,6,8-9H2,1H3. The van der Waals surface area contributed by atoms with Gasteiger partial charge in [0.05, 0.1) is 24.8 Å². The lowest BCUT2D eigenvalue weighted by Crippen LogP contribution is -2.01. The zero-order chi connectivity index (χ0) is 13.5. The van der Waals surface area contributed by atoms with Crippen LogP contribution >= 0.6 is 11.8 Å². The molecular weight excluding hydrogens is 262 g/mol. The van der Waals surface area contributed by atoms with Crippen molar-refractivity contribution in [3.05, 3.63) is 35.7 Å². The van der Waals surface area contributed by atoms with Crippen LogP contribution in [0.3, 0.4) is 0 Å². The van der Waals surface area contributed by atoms with E-state index in [0.29, 0.717) is 29.9 Å². The van der Waals surface area contributed by atoms with Crippen molar-refractivity contribution in [2.24, 2.45) is 0 Å². The Labute approximate surface area is 115 Å². The lowest BCUT2D eigenvalue weighted by molar-refractivity contribution is 0.299. The maximum Gasteiger partial charge on any atom is 0.277 e. The molecule has 0 spiro atoms. The highest BCUT2D eigenvalue weighted by molar-refractivity contribution is 7.99. The lowest BCUT2D eigenvalue weighted by atomic mass is 10.2. The number of hydrogen-bond acceptors (Lipinski definition) is 6. The highest BCUT2D eigenvalue weighted by Crippen LogP contribution is 2.16. The number of benzene rings is 1. The van der Waals surface area contributed by atoms with Crippen molar-refractivity contribution in [3.8, 4) is 11.8 Å². The minimum atomic E-state index is 0.307. The summed E-state index contributed by atoms with van der Waals surface area (Å²) in [5, 5.41) is 16.6. The summed E-state index contributed by atoms with van der Waals surface area (Å²) >= 11 is 1.23. The minimum absolute atomic E-state index is 0.307. The number of nitrogens with zero attached hydrogens (tertiary/aromatic N) is 3. The van der Waals surface area contributed by atoms with Crippen LogP contribution in [0.2, 0.25) is 0 Å². The van der Waals surface area contributed by atoms with Gasteiger partial charge in [-0.15, -0.1) is 10.2 Å². The summed E-state index contributed by atoms with van der Waals surface area (Å²) in [5.41, 5.74) is 1.20. The molecule has 0 atom stereocenters. The number of aryl methyl sites for hydroxylation is 1. The molecule has 0 radical (unpaired) electrons. The number of nitriles is 1. The van der Waals surface area contributed by atoms with E-state index in [-0.39, 0.29) is 0 Å². The second-order valence-corrected chi connectivity index (χ2v) is 4.75. The summed E-state index contributed by atoms with van der Waals surface area (Å²) in [6.07, 6.45) is 0.550. The summed E-state index contributed by atoms with van der Waals surface area (Å²) in [6, 6.07) is 9.86. The Morgan fingerprint density at radius 1 is 1.32 bits per heavy atom. The van der Waals surface area contributed by atoms with Gasteiger partial charge in [-0.05, 0) is 19.1 Å². The largest absolute Gasteiger partial charge is 0.493 e. The predicted molar refractivity (Wildman–Crippen MR) is 71.0 cm³/mol. The second-order valence-electron chi connectivity index (χ2n) is 3.82. The Bertz CT molecular complexity index is 560. The van der Waals surface area contributed by atoms with Crippen LogP contribution in [0.4, 0.5) is 0 Å². The average Bonchev–Trinajstić information content (AvgIpc) is 2.87. The fraction of sp³-hybridized carbons (Fsp3) is 0.308. The SMILES string of the molecule is Cc1ccc(OCCc2nnc(SCC#N)o2)cc1. The molecule has 0 unspecified atom stereocenters. The molecule has 0 saturated heterocycles. The molecule has 0 fully saturated rings. The average molecular weight is 275 g/mol. The predicted octanol–water partition coefficient (Wildman–Crippen LogP) is 2.62. The van der Waals surface area contributed by atoms with E-state index >= 15 is 0 Å². The van der Waals surface area contributed by atoms with E-state index in [1.54, 1.807) is 0 Å². The van der Waals surface area contributed by atoms with Gasteiger partial charge in [0.2, 0.25) is 5.89 Å². The lowest BCUT2D eigenvalue weighted by Gasteiger charge is -2.04. The van der Waals surface area contributed by atoms with Gasteiger partial charge >= 0.3 is 0 Å². The molecule has 1 heterocycles. The van der Waals surface area contributed by atoms with Gasteiger partial charge in [0.1, 0.15) is 5.75 Å². The molecule has 1 aromatic carbocycles. The van der Waals surface area contributed by atoms with Gasteiger partial charge in [0.25, 0.3) is 5.22 Å². The van der Waals surface area contributed by atoms with E-state index < -0.39 is 0 Å². The van der Waals surface area contributed by atoms with E-state index in [1.807, 2.05) is 37.3 Å². The van der Waals surface area contributed by atoms with Crippen LogP contribution in [0.5, 0.6) is 5.75 Å². The number of aromatic nitrogens is 2. The molecule has 1 aromatic heterocycles. The summed E-state index contributed by atoms with van der Waals surface area (Å²) in [7, 11) is 0. The summed E-state index contributed by atoms with van der Waals surface area (Å²) in [5.74, 6) is 1.65. The van der Waals surface area contributed by atoms with Gasteiger partial charge in [-0.2, -0.15) is 5.26 Å². The highest BCUT2D eigenvalue weighted by Gasteiger charge is 2.06. The van der Waals surface area contributed by atoms with Crippen molar-refractivity contribution >= 4 is 11.8 Å². The molecule has 2 aromatic rings. The van der Waals surface area contributed by atoms with E-state index in [2.05, 4.69) is 10.2 Å². The molecule has 5 nitrogen and oxygen atoms in total. The van der Waals surface area contributed by atoms with Crippen molar-refractivity contribution in [1.29, 1.82) is 5.26 Å². The smallest absolute Gasteiger partial charge is 0.277 e. The number of rotatable bonds is 6. The molecule has 0 bridgehead atoms. The molecule has 0 saturated carbocycles. The van der Waals surface area contributed by atoms with E-state index in [0.717, 1.165) is 5.75 Å². The molecule has 0 aliphatic rings. The Hall–Kier alpha value is -2.00.